The smallest absolute Gasteiger partial charge is 0.287 e. The van der Waals surface area contributed by atoms with Crippen LogP contribution in [0.3, 0.4) is 0 Å². The second-order valence-corrected chi connectivity index (χ2v) is 22.3. The molecule has 0 aromatic heterocycles. The van der Waals surface area contributed by atoms with E-state index in [1.54, 1.807) is 35.6 Å². The van der Waals surface area contributed by atoms with Crippen molar-refractivity contribution in [2.45, 2.75) is 150 Å². The highest BCUT2D eigenvalue weighted by Gasteiger charge is 2.57. The zero-order valence-corrected chi connectivity index (χ0v) is 43.4. The molecule has 2 aromatic rings. The summed E-state index contributed by atoms with van der Waals surface area (Å²) in [4.78, 5) is 115. The van der Waals surface area contributed by atoms with E-state index in [2.05, 4.69) is 16.0 Å². The van der Waals surface area contributed by atoms with Crippen molar-refractivity contribution < 1.29 is 56.6 Å². The van der Waals surface area contributed by atoms with E-state index >= 15 is 0 Å². The summed E-state index contributed by atoms with van der Waals surface area (Å²) < 4.78 is 40.5. The fourth-order valence-corrected chi connectivity index (χ4v) is 10.8. The predicted molar refractivity (Wildman–Crippen MR) is 263 cm³/mol. The zero-order chi connectivity index (χ0) is 53.0. The van der Waals surface area contributed by atoms with Crippen LogP contribution in [0.4, 0.5) is 8.78 Å². The number of halogens is 2. The lowest BCUT2D eigenvalue weighted by atomic mass is 9.76. The van der Waals surface area contributed by atoms with E-state index in [4.69, 9.17) is 9.47 Å². The molecule has 11 atom stereocenters. The van der Waals surface area contributed by atoms with Crippen LogP contribution in [0.2, 0.25) is 0 Å². The maximum atomic E-state index is 14.5. The van der Waals surface area contributed by atoms with Crippen molar-refractivity contribution >= 4 is 46.9 Å². The minimum absolute atomic E-state index is 0.0136. The largest absolute Gasteiger partial charge is 0.488 e. The van der Waals surface area contributed by atoms with Crippen LogP contribution in [0.25, 0.3) is 0 Å². The van der Waals surface area contributed by atoms with Gasteiger partial charge in [0, 0.05) is 50.1 Å². The first-order valence-electron chi connectivity index (χ1n) is 25.4. The van der Waals surface area contributed by atoms with Gasteiger partial charge in [-0.25, -0.2) is 8.78 Å². The van der Waals surface area contributed by atoms with Gasteiger partial charge in [-0.1, -0.05) is 55.4 Å². The molecule has 16 nitrogen and oxygen atoms in total. The number of hydrogen-bond donors (Lipinski definition) is 3. The molecule has 4 aliphatic rings. The normalized spacial score (nSPS) is 24.4. The Morgan fingerprint density at radius 1 is 0.736 bits per heavy atom. The Bertz CT molecular complexity index is 2170. The van der Waals surface area contributed by atoms with Crippen LogP contribution in [-0.2, 0) is 38.4 Å². The molecule has 72 heavy (non-hydrogen) atoms. The van der Waals surface area contributed by atoms with Gasteiger partial charge in [-0.2, -0.15) is 0 Å². The molecule has 0 radical (unpaired) electrons. The summed E-state index contributed by atoms with van der Waals surface area (Å²) in [6.07, 6.45) is -0.612. The molecular formula is C54H74F2N6O10. The van der Waals surface area contributed by atoms with E-state index in [-0.39, 0.29) is 73.5 Å². The highest BCUT2D eigenvalue weighted by atomic mass is 19.1. The molecule has 3 aliphatic heterocycles. The Balaban J connectivity index is 1.11. The molecule has 6 rings (SSSR count). The molecule has 0 bridgehead atoms. The summed E-state index contributed by atoms with van der Waals surface area (Å²) >= 11 is 0. The lowest BCUT2D eigenvalue weighted by molar-refractivity contribution is -0.144. The Morgan fingerprint density at radius 3 is 1.86 bits per heavy atom. The van der Waals surface area contributed by atoms with Gasteiger partial charge in [-0.3, -0.25) is 38.4 Å². The molecule has 1 aliphatic carbocycles. The zero-order valence-electron chi connectivity index (χ0n) is 43.4. The maximum Gasteiger partial charge on any atom is 0.287 e. The fraction of sp³-hybridized carbons (Fsp3) is 0.630. The van der Waals surface area contributed by atoms with Gasteiger partial charge >= 0.3 is 0 Å². The van der Waals surface area contributed by atoms with Gasteiger partial charge in [0.05, 0.1) is 37.3 Å². The number of fused-ring (bicyclic) bond motifs is 2. The van der Waals surface area contributed by atoms with Gasteiger partial charge in [0.1, 0.15) is 47.2 Å². The Morgan fingerprint density at radius 2 is 1.31 bits per heavy atom. The molecule has 3 heterocycles. The molecule has 18 heteroatoms. The first-order chi connectivity index (χ1) is 33.8. The lowest BCUT2D eigenvalue weighted by Gasteiger charge is -2.37. The molecule has 3 N–H and O–H groups in total. The monoisotopic (exact) mass is 1000 g/mol. The van der Waals surface area contributed by atoms with Crippen LogP contribution in [0.1, 0.15) is 107 Å². The van der Waals surface area contributed by atoms with Crippen molar-refractivity contribution in [1.82, 2.24) is 30.7 Å². The molecule has 394 valence electrons. The van der Waals surface area contributed by atoms with Crippen LogP contribution in [0.15, 0.2) is 48.5 Å². The number of carbonyl (C=O) groups is 8. The van der Waals surface area contributed by atoms with Crippen LogP contribution in [0.5, 0.6) is 11.5 Å². The number of rotatable bonds is 20. The first kappa shape index (κ1) is 55.5. The number of nitrogens with one attached hydrogen (secondary N) is 3. The van der Waals surface area contributed by atoms with Crippen LogP contribution >= 0.6 is 0 Å². The number of nitrogens with zero attached hydrogens (tertiary/aromatic N) is 3. The predicted octanol–water partition coefficient (Wildman–Crippen LogP) is 5.05. The van der Waals surface area contributed by atoms with E-state index in [0.717, 1.165) is 0 Å². The third kappa shape index (κ3) is 12.7. The van der Waals surface area contributed by atoms with Gasteiger partial charge in [-0.15, -0.1) is 0 Å². The number of likely N-dealkylation sites (N-methyl/N-ethyl adjacent to an activating group) is 1. The second kappa shape index (κ2) is 23.0. The molecule has 3 saturated heterocycles. The summed E-state index contributed by atoms with van der Waals surface area (Å²) in [6.45, 7) is 16.9. The van der Waals surface area contributed by atoms with E-state index in [0.29, 0.717) is 37.3 Å². The fourth-order valence-electron chi connectivity index (χ4n) is 10.8. The van der Waals surface area contributed by atoms with Crippen LogP contribution in [-0.4, -0.2) is 137 Å². The maximum absolute atomic E-state index is 14.5. The molecule has 0 spiro atoms. The van der Waals surface area contributed by atoms with Gasteiger partial charge in [0.25, 0.3) is 5.91 Å². The molecule has 4 fully saturated rings. The SMILES string of the molecule is CC[C@@H](C)C(=O)N[C@H](C(=O)N1CC[C@@H]2[C@H]1[C@@H](Oc1ccc(F)cc1)CN2C(=O)CCC(=O)C(=O)NCC(=O)C1C[C@H](Oc2ccc(F)cc2)[C@@H]2[C@H]1CCN2C(=O)[C@@H](CC(=O)[C@H](C)NC)C(C)(C)C)C(C)(C)C. The Hall–Kier alpha value is -5.78. The minimum atomic E-state index is -1.04. The van der Waals surface area contributed by atoms with Crippen LogP contribution < -0.4 is 25.4 Å². The van der Waals surface area contributed by atoms with Crippen molar-refractivity contribution in [3.63, 3.8) is 0 Å². The number of amides is 5. The van der Waals surface area contributed by atoms with E-state index < -0.39 is 107 Å². The Kier molecular flexibility index (Phi) is 17.7. The number of likely N-dealkylation sites (tertiary alicyclic amines) is 3. The lowest BCUT2D eigenvalue weighted by Crippen LogP contribution is -2.58. The third-order valence-corrected chi connectivity index (χ3v) is 15.3. The van der Waals surface area contributed by atoms with Gasteiger partial charge in [0.2, 0.25) is 29.4 Å². The van der Waals surface area contributed by atoms with E-state index in [1.165, 1.54) is 48.5 Å². The molecular weight excluding hydrogens is 931 g/mol. The number of ketones is 3. The standard InChI is InChI=1S/C54H74F2N6O10/c1-11-30(2)49(67)59-48(54(7,8)9)52(70)61-25-23-39-47(61)44(72-35-18-14-33(56)15-19-35)29-62(39)45(66)21-20-40(63)50(68)58-28-42(65)37-26-43(71-34-16-12-32(55)13-17-34)46-36(37)22-24-60(46)51(69)38(53(4,5)6)27-41(64)31(3)57-10/h12-19,30-31,36-39,43-44,46-48,57H,11,20-29H2,1-10H3,(H,58,68)(H,59,67)/t30-,31+,36+,37?,38-,39-,43+,44+,46+,47+,48-/m1/s1. The highest BCUT2D eigenvalue weighted by Crippen LogP contribution is 2.46. The molecule has 1 unspecified atom stereocenters. The molecule has 1 saturated carbocycles. The van der Waals surface area contributed by atoms with Crippen LogP contribution in [0, 0.1) is 46.1 Å². The number of carbonyl (C=O) groups excluding carboxylic acids is 8. The van der Waals surface area contributed by atoms with Crippen molar-refractivity contribution in [1.29, 1.82) is 0 Å². The van der Waals surface area contributed by atoms with E-state index in [1.807, 2.05) is 48.5 Å². The van der Waals surface area contributed by atoms with Crippen molar-refractivity contribution in [3.8, 4) is 11.5 Å². The molecule has 2 aromatic carbocycles. The minimum Gasteiger partial charge on any atom is -0.488 e. The van der Waals surface area contributed by atoms with Crippen molar-refractivity contribution in [2.75, 3.05) is 33.2 Å². The topological polar surface area (TPSA) is 201 Å². The molecule has 5 amide bonds. The van der Waals surface area contributed by atoms with Crippen molar-refractivity contribution in [2.24, 2.45) is 34.5 Å². The average Bonchev–Trinajstić information content (AvgIpc) is 4.13. The first-order valence-corrected chi connectivity index (χ1v) is 25.4. The van der Waals surface area contributed by atoms with Crippen molar-refractivity contribution in [3.05, 3.63) is 60.2 Å². The third-order valence-electron chi connectivity index (χ3n) is 15.3. The summed E-state index contributed by atoms with van der Waals surface area (Å²) in [6, 6.07) is 7.78. The quantitative estimate of drug-likeness (QED) is 0.150. The number of benzene rings is 2. The number of hydrogen-bond acceptors (Lipinski definition) is 11. The van der Waals surface area contributed by atoms with E-state index in [9.17, 15) is 47.1 Å². The van der Waals surface area contributed by atoms with Gasteiger partial charge < -0.3 is 40.1 Å². The Labute approximate surface area is 422 Å². The van der Waals surface area contributed by atoms with Gasteiger partial charge in [0.15, 0.2) is 5.78 Å². The summed E-state index contributed by atoms with van der Waals surface area (Å²) in [7, 11) is 1.68. The second-order valence-electron chi connectivity index (χ2n) is 22.3. The number of Topliss-reactive ketones (excluding diaryl/α,β-unsaturated/α-hetero) is 3. The van der Waals surface area contributed by atoms with Gasteiger partial charge in [-0.05, 0) is 105 Å². The summed E-state index contributed by atoms with van der Waals surface area (Å²) in [5.74, 6) is -5.94. The number of ether oxygens (including phenoxy) is 2. The average molecular weight is 1010 g/mol. The highest BCUT2D eigenvalue weighted by molar-refractivity contribution is 6.36. The summed E-state index contributed by atoms with van der Waals surface area (Å²) in [5.41, 5.74) is -1.25. The summed E-state index contributed by atoms with van der Waals surface area (Å²) in [5, 5.41) is 8.37.